The van der Waals surface area contributed by atoms with Crippen molar-refractivity contribution in [2.45, 2.75) is 33.2 Å². The summed E-state index contributed by atoms with van der Waals surface area (Å²) < 4.78 is 0. The molecule has 0 aliphatic carbocycles. The minimum Gasteiger partial charge on any atom is -0.312 e. The summed E-state index contributed by atoms with van der Waals surface area (Å²) in [6.07, 6.45) is 2.24. The predicted molar refractivity (Wildman–Crippen MR) is 69.9 cm³/mol. The molecule has 1 unspecified atom stereocenters. The second-order valence-corrected chi connectivity index (χ2v) is 5.57. The molecule has 1 rings (SSSR count). The van der Waals surface area contributed by atoms with Gasteiger partial charge < -0.3 is 5.32 Å². The van der Waals surface area contributed by atoms with Gasteiger partial charge in [-0.05, 0) is 37.4 Å². The molecule has 0 aliphatic rings. The van der Waals surface area contributed by atoms with Gasteiger partial charge in [0.2, 0.25) is 0 Å². The van der Waals surface area contributed by atoms with Crippen molar-refractivity contribution < 1.29 is 0 Å². The first-order valence-electron chi connectivity index (χ1n) is 5.60. The fraction of sp³-hybridized carbons (Fsp3) is 0.667. The number of alkyl halides is 1. The number of thiophene rings is 1. The highest BCUT2D eigenvalue weighted by atomic mass is 35.5. The molecule has 0 amide bonds. The zero-order valence-corrected chi connectivity index (χ0v) is 11.1. The van der Waals surface area contributed by atoms with Crippen LogP contribution in [0.3, 0.4) is 0 Å². The first kappa shape index (κ1) is 13.0. The maximum absolute atomic E-state index is 5.69. The topological polar surface area (TPSA) is 12.0 Å². The van der Waals surface area contributed by atoms with Crippen LogP contribution in [0.25, 0.3) is 0 Å². The molecule has 0 spiro atoms. The van der Waals surface area contributed by atoms with Crippen molar-refractivity contribution in [3.63, 3.8) is 0 Å². The van der Waals surface area contributed by atoms with E-state index in [4.69, 9.17) is 11.6 Å². The Bertz CT molecular complexity index is 272. The molecule has 0 radical (unpaired) electrons. The van der Waals surface area contributed by atoms with Gasteiger partial charge in [0.25, 0.3) is 0 Å². The van der Waals surface area contributed by atoms with Crippen LogP contribution in [0.4, 0.5) is 0 Å². The van der Waals surface area contributed by atoms with Crippen molar-refractivity contribution in [2.24, 2.45) is 5.92 Å². The lowest BCUT2D eigenvalue weighted by molar-refractivity contribution is 0.503. The normalized spacial score (nSPS) is 13.0. The van der Waals surface area contributed by atoms with E-state index in [1.807, 2.05) is 11.3 Å². The standard InChI is InChI=1S/C12H20ClNS/c1-3-11-4-5-12(15-11)9-14-8-10(2)6-7-13/h4-5,10,14H,3,6-9H2,1-2H3. The molecular weight excluding hydrogens is 226 g/mol. The lowest BCUT2D eigenvalue weighted by Crippen LogP contribution is -2.20. The van der Waals surface area contributed by atoms with Crippen LogP contribution in [0.15, 0.2) is 12.1 Å². The summed E-state index contributed by atoms with van der Waals surface area (Å²) in [7, 11) is 0. The Morgan fingerprint density at radius 2 is 2.13 bits per heavy atom. The van der Waals surface area contributed by atoms with Crippen LogP contribution in [-0.4, -0.2) is 12.4 Å². The lowest BCUT2D eigenvalue weighted by atomic mass is 10.1. The van der Waals surface area contributed by atoms with E-state index in [1.54, 1.807) is 0 Å². The second kappa shape index (κ2) is 7.26. The van der Waals surface area contributed by atoms with Gasteiger partial charge in [-0.15, -0.1) is 22.9 Å². The molecular formula is C12H20ClNS. The van der Waals surface area contributed by atoms with Crippen LogP contribution in [0.1, 0.15) is 30.0 Å². The predicted octanol–water partition coefficient (Wildman–Crippen LogP) is 3.67. The SMILES string of the molecule is CCc1ccc(CNCC(C)CCCl)s1. The fourth-order valence-electron chi connectivity index (χ4n) is 1.44. The van der Waals surface area contributed by atoms with Gasteiger partial charge >= 0.3 is 0 Å². The third-order valence-electron chi connectivity index (χ3n) is 2.46. The smallest absolute Gasteiger partial charge is 0.0299 e. The highest BCUT2D eigenvalue weighted by molar-refractivity contribution is 7.11. The number of hydrogen-bond donors (Lipinski definition) is 1. The summed E-state index contributed by atoms with van der Waals surface area (Å²) >= 11 is 7.60. The summed E-state index contributed by atoms with van der Waals surface area (Å²) in [5.74, 6) is 1.44. The maximum Gasteiger partial charge on any atom is 0.0299 e. The number of rotatable bonds is 7. The van der Waals surface area contributed by atoms with Crippen molar-refractivity contribution in [2.75, 3.05) is 12.4 Å². The third-order valence-corrected chi connectivity index (χ3v) is 3.91. The maximum atomic E-state index is 5.69. The Kier molecular flexibility index (Phi) is 6.30. The van der Waals surface area contributed by atoms with Crippen LogP contribution < -0.4 is 5.32 Å². The summed E-state index contributed by atoms with van der Waals surface area (Å²) in [6, 6.07) is 4.45. The molecule has 3 heteroatoms. The molecule has 0 saturated carbocycles. The first-order valence-corrected chi connectivity index (χ1v) is 6.95. The first-order chi connectivity index (χ1) is 7.26. The molecule has 1 aromatic heterocycles. The Balaban J connectivity index is 2.19. The molecule has 0 aromatic carbocycles. The zero-order valence-electron chi connectivity index (χ0n) is 9.55. The van der Waals surface area contributed by atoms with E-state index in [2.05, 4.69) is 31.3 Å². The Hall–Kier alpha value is -0.0500. The largest absolute Gasteiger partial charge is 0.312 e. The average molecular weight is 246 g/mol. The van der Waals surface area contributed by atoms with Gasteiger partial charge in [-0.25, -0.2) is 0 Å². The number of nitrogens with one attached hydrogen (secondary N) is 1. The summed E-state index contributed by atoms with van der Waals surface area (Å²) in [5.41, 5.74) is 0. The third kappa shape index (κ3) is 5.01. The molecule has 1 heterocycles. The fourth-order valence-corrected chi connectivity index (χ4v) is 2.74. The van der Waals surface area contributed by atoms with E-state index in [-0.39, 0.29) is 0 Å². The van der Waals surface area contributed by atoms with Gasteiger partial charge in [0, 0.05) is 22.2 Å². The van der Waals surface area contributed by atoms with Gasteiger partial charge in [0.05, 0.1) is 0 Å². The molecule has 0 saturated heterocycles. The molecule has 1 atom stereocenters. The molecule has 0 fully saturated rings. The number of aryl methyl sites for hydroxylation is 1. The van der Waals surface area contributed by atoms with E-state index < -0.39 is 0 Å². The molecule has 0 bridgehead atoms. The monoisotopic (exact) mass is 245 g/mol. The van der Waals surface area contributed by atoms with Gasteiger partial charge in [-0.2, -0.15) is 0 Å². The van der Waals surface area contributed by atoms with Gasteiger partial charge in [-0.1, -0.05) is 13.8 Å². The van der Waals surface area contributed by atoms with Crippen LogP contribution in [-0.2, 0) is 13.0 Å². The molecule has 0 aliphatic heterocycles. The molecule has 86 valence electrons. The highest BCUT2D eigenvalue weighted by Gasteiger charge is 2.02. The number of hydrogen-bond acceptors (Lipinski definition) is 2. The van der Waals surface area contributed by atoms with Crippen LogP contribution in [0, 0.1) is 5.92 Å². The van der Waals surface area contributed by atoms with Gasteiger partial charge in [0.1, 0.15) is 0 Å². The Labute approximate surface area is 102 Å². The molecule has 1 aromatic rings. The van der Waals surface area contributed by atoms with Gasteiger partial charge in [0.15, 0.2) is 0 Å². The van der Waals surface area contributed by atoms with E-state index in [0.717, 1.165) is 31.8 Å². The molecule has 1 nitrogen and oxygen atoms in total. The Morgan fingerprint density at radius 1 is 1.40 bits per heavy atom. The van der Waals surface area contributed by atoms with Crippen LogP contribution in [0.5, 0.6) is 0 Å². The van der Waals surface area contributed by atoms with E-state index in [1.165, 1.54) is 9.75 Å². The van der Waals surface area contributed by atoms with Crippen LogP contribution >= 0.6 is 22.9 Å². The Morgan fingerprint density at radius 3 is 2.73 bits per heavy atom. The molecule has 15 heavy (non-hydrogen) atoms. The minimum absolute atomic E-state index is 0.674. The van der Waals surface area contributed by atoms with Crippen molar-refractivity contribution in [3.8, 4) is 0 Å². The van der Waals surface area contributed by atoms with Crippen molar-refractivity contribution in [1.29, 1.82) is 0 Å². The quantitative estimate of drug-likeness (QED) is 0.723. The van der Waals surface area contributed by atoms with Crippen molar-refractivity contribution in [3.05, 3.63) is 21.9 Å². The van der Waals surface area contributed by atoms with Crippen molar-refractivity contribution in [1.82, 2.24) is 5.32 Å². The van der Waals surface area contributed by atoms with E-state index in [0.29, 0.717) is 5.92 Å². The zero-order chi connectivity index (χ0) is 11.1. The number of halogens is 1. The lowest BCUT2D eigenvalue weighted by Gasteiger charge is -2.09. The summed E-state index contributed by atoms with van der Waals surface area (Å²) in [5, 5.41) is 3.48. The molecule has 1 N–H and O–H groups in total. The van der Waals surface area contributed by atoms with E-state index in [9.17, 15) is 0 Å². The van der Waals surface area contributed by atoms with Gasteiger partial charge in [-0.3, -0.25) is 0 Å². The minimum atomic E-state index is 0.674. The van der Waals surface area contributed by atoms with Crippen LogP contribution in [0.2, 0.25) is 0 Å². The highest BCUT2D eigenvalue weighted by Crippen LogP contribution is 2.16. The van der Waals surface area contributed by atoms with Crippen molar-refractivity contribution >= 4 is 22.9 Å². The summed E-state index contributed by atoms with van der Waals surface area (Å²) in [4.78, 5) is 2.91. The van der Waals surface area contributed by atoms with E-state index >= 15 is 0 Å². The summed E-state index contributed by atoms with van der Waals surface area (Å²) in [6.45, 7) is 6.50. The average Bonchev–Trinajstić information content (AvgIpc) is 2.66. The second-order valence-electron chi connectivity index (χ2n) is 3.94.